The number of ether oxygens (including phenoxy) is 3. The SMILES string of the molecule is CC1OC[C@]2(CCC(C)N3CC2N2C=C(C(=O)NCc4c(F)cc(F)cc4F)C(=O)C(OCc4ccccc4)C2C3=O)O1. The van der Waals surface area contributed by atoms with Gasteiger partial charge in [0.15, 0.2) is 12.4 Å². The van der Waals surface area contributed by atoms with Crippen molar-refractivity contribution >= 4 is 17.6 Å². The van der Waals surface area contributed by atoms with Crippen LogP contribution >= 0.6 is 0 Å². The van der Waals surface area contributed by atoms with Crippen LogP contribution in [0.1, 0.15) is 37.8 Å². The predicted molar refractivity (Wildman–Crippen MR) is 145 cm³/mol. The summed E-state index contributed by atoms with van der Waals surface area (Å²) in [5.41, 5.74) is -0.946. The molecular weight excluding hydrogens is 567 g/mol. The highest BCUT2D eigenvalue weighted by atomic mass is 19.1. The van der Waals surface area contributed by atoms with Crippen LogP contribution in [0.4, 0.5) is 13.2 Å². The minimum absolute atomic E-state index is 0.00221. The average molecular weight is 600 g/mol. The van der Waals surface area contributed by atoms with Crippen LogP contribution in [0, 0.1) is 17.5 Å². The van der Waals surface area contributed by atoms with Crippen molar-refractivity contribution in [2.75, 3.05) is 13.2 Å². The summed E-state index contributed by atoms with van der Waals surface area (Å²) >= 11 is 0. The molecule has 5 unspecified atom stereocenters. The van der Waals surface area contributed by atoms with Crippen molar-refractivity contribution in [3.8, 4) is 0 Å². The largest absolute Gasteiger partial charge is 0.363 e. The zero-order chi connectivity index (χ0) is 30.5. The van der Waals surface area contributed by atoms with Crippen LogP contribution in [0.15, 0.2) is 54.2 Å². The van der Waals surface area contributed by atoms with Crippen LogP contribution in [-0.2, 0) is 41.7 Å². The molecule has 6 atom stereocenters. The number of rotatable bonds is 6. The van der Waals surface area contributed by atoms with Gasteiger partial charge in [-0.3, -0.25) is 14.4 Å². The molecule has 4 aliphatic rings. The van der Waals surface area contributed by atoms with Crippen molar-refractivity contribution in [1.82, 2.24) is 15.1 Å². The second-order valence-electron chi connectivity index (χ2n) is 11.5. The van der Waals surface area contributed by atoms with Crippen molar-refractivity contribution < 1.29 is 41.8 Å². The van der Waals surface area contributed by atoms with E-state index in [1.165, 1.54) is 6.20 Å². The van der Waals surface area contributed by atoms with E-state index in [1.54, 1.807) is 16.7 Å². The molecule has 0 saturated carbocycles. The number of hydrogen-bond acceptors (Lipinski definition) is 7. The van der Waals surface area contributed by atoms with E-state index in [0.29, 0.717) is 25.0 Å². The number of Topliss-reactive ketones (excluding diaryl/α,β-unsaturated/α-hetero) is 1. The fourth-order valence-corrected chi connectivity index (χ4v) is 6.50. The van der Waals surface area contributed by atoms with Crippen molar-refractivity contribution in [2.24, 2.45) is 0 Å². The Morgan fingerprint density at radius 1 is 1.12 bits per heavy atom. The van der Waals surface area contributed by atoms with Gasteiger partial charge in [-0.25, -0.2) is 13.2 Å². The zero-order valence-electron chi connectivity index (χ0n) is 23.7. The Balaban J connectivity index is 1.37. The Kier molecular flexibility index (Phi) is 7.78. The van der Waals surface area contributed by atoms with E-state index in [-0.39, 0.29) is 37.3 Å². The van der Waals surface area contributed by atoms with E-state index < -0.39 is 71.3 Å². The first kappa shape index (κ1) is 29.3. The highest BCUT2D eigenvalue weighted by Gasteiger charge is 2.60. The van der Waals surface area contributed by atoms with Gasteiger partial charge in [0, 0.05) is 43.0 Å². The molecule has 1 N–H and O–H groups in total. The summed E-state index contributed by atoms with van der Waals surface area (Å²) in [5.74, 6) is -5.39. The smallest absolute Gasteiger partial charge is 0.256 e. The molecule has 6 rings (SSSR count). The summed E-state index contributed by atoms with van der Waals surface area (Å²) in [6.07, 6.45) is 0.727. The molecule has 0 radical (unpaired) electrons. The van der Waals surface area contributed by atoms with Crippen LogP contribution in [-0.4, -0.2) is 76.7 Å². The van der Waals surface area contributed by atoms with Gasteiger partial charge in [0.25, 0.3) is 5.91 Å². The molecule has 4 heterocycles. The molecule has 2 aromatic rings. The lowest BCUT2D eigenvalue weighted by molar-refractivity contribution is -0.170. The van der Waals surface area contributed by atoms with E-state index in [9.17, 15) is 27.6 Å². The summed E-state index contributed by atoms with van der Waals surface area (Å²) in [4.78, 5) is 44.8. The quantitative estimate of drug-likeness (QED) is 0.510. The van der Waals surface area contributed by atoms with Gasteiger partial charge in [-0.1, -0.05) is 30.3 Å². The summed E-state index contributed by atoms with van der Waals surface area (Å²) in [6.45, 7) is 3.66. The first-order chi connectivity index (χ1) is 20.6. The third-order valence-corrected chi connectivity index (χ3v) is 8.81. The Hall–Kier alpha value is -3.74. The van der Waals surface area contributed by atoms with Crippen molar-refractivity contribution in [3.63, 3.8) is 0 Å². The van der Waals surface area contributed by atoms with Crippen molar-refractivity contribution in [3.05, 3.63) is 82.8 Å². The van der Waals surface area contributed by atoms with Gasteiger partial charge in [-0.2, -0.15) is 0 Å². The van der Waals surface area contributed by atoms with Gasteiger partial charge in [-0.05, 0) is 32.3 Å². The average Bonchev–Trinajstić information content (AvgIpc) is 3.30. The maximum atomic E-state index is 14.3. The van der Waals surface area contributed by atoms with E-state index >= 15 is 0 Å². The van der Waals surface area contributed by atoms with E-state index in [1.807, 2.05) is 37.3 Å². The molecule has 0 aromatic heterocycles. The minimum Gasteiger partial charge on any atom is -0.363 e. The van der Waals surface area contributed by atoms with Crippen LogP contribution in [0.2, 0.25) is 0 Å². The molecule has 43 heavy (non-hydrogen) atoms. The van der Waals surface area contributed by atoms with Gasteiger partial charge in [0.05, 0.1) is 19.3 Å². The molecule has 12 heteroatoms. The minimum atomic E-state index is -1.36. The predicted octanol–water partition coefficient (Wildman–Crippen LogP) is 2.97. The monoisotopic (exact) mass is 599 g/mol. The zero-order valence-corrected chi connectivity index (χ0v) is 23.7. The highest BCUT2D eigenvalue weighted by molar-refractivity contribution is 6.22. The number of hydrogen-bond donors (Lipinski definition) is 1. The first-order valence-electron chi connectivity index (χ1n) is 14.3. The normalized spacial score (nSPS) is 30.3. The molecular formula is C31H32F3N3O6. The Morgan fingerprint density at radius 3 is 2.51 bits per heavy atom. The number of carbonyl (C=O) groups is 3. The maximum Gasteiger partial charge on any atom is 0.256 e. The number of carbonyl (C=O) groups excluding carboxylic acids is 3. The third-order valence-electron chi connectivity index (χ3n) is 8.81. The Bertz CT molecular complexity index is 1450. The summed E-state index contributed by atoms with van der Waals surface area (Å²) < 4.78 is 60.2. The Morgan fingerprint density at radius 2 is 1.84 bits per heavy atom. The standard InChI is InChI=1S/C31H32F3N3O6/c1-17-8-9-31(16-42-18(2)43-31)25-14-36(17)30(40)26-28(41-15-19-6-4-3-5-7-19)27(38)22(13-37(25)26)29(39)35-12-21-23(33)10-20(32)11-24(21)34/h3-7,10-11,13,17-18,25-26,28H,8-9,12,14-16H2,1-2H3,(H,35,39)/t17?,18?,25?,26?,28?,31-/m0/s1. The number of benzene rings is 2. The lowest BCUT2D eigenvalue weighted by Crippen LogP contribution is -2.72. The van der Waals surface area contributed by atoms with E-state index in [2.05, 4.69) is 5.32 Å². The summed E-state index contributed by atoms with van der Waals surface area (Å²) in [6, 6.07) is 8.44. The Labute approximate surface area is 246 Å². The fourth-order valence-electron chi connectivity index (χ4n) is 6.50. The fraction of sp³-hybridized carbons (Fsp3) is 0.452. The molecule has 4 aliphatic heterocycles. The number of halogens is 3. The van der Waals surface area contributed by atoms with Crippen LogP contribution < -0.4 is 5.32 Å². The highest BCUT2D eigenvalue weighted by Crippen LogP contribution is 2.43. The number of fused-ring (bicyclic) bond motifs is 5. The molecule has 0 aliphatic carbocycles. The van der Waals surface area contributed by atoms with Gasteiger partial charge in [0.2, 0.25) is 11.7 Å². The summed E-state index contributed by atoms with van der Waals surface area (Å²) in [5, 5.41) is 2.38. The number of ketones is 1. The van der Waals surface area contributed by atoms with Crippen LogP contribution in [0.5, 0.6) is 0 Å². The maximum absolute atomic E-state index is 14.3. The number of piperazine rings is 1. The second-order valence-corrected chi connectivity index (χ2v) is 11.5. The number of amides is 2. The van der Waals surface area contributed by atoms with Gasteiger partial charge < -0.3 is 29.3 Å². The number of nitrogens with zero attached hydrogens (tertiary/aromatic N) is 2. The molecule has 1 spiro atoms. The molecule has 3 fully saturated rings. The van der Waals surface area contributed by atoms with Crippen molar-refractivity contribution in [2.45, 2.75) is 76.0 Å². The molecule has 228 valence electrons. The molecule has 3 saturated heterocycles. The second kappa shape index (κ2) is 11.4. The lowest BCUT2D eigenvalue weighted by atomic mass is 9.83. The van der Waals surface area contributed by atoms with Gasteiger partial charge in [-0.15, -0.1) is 0 Å². The van der Waals surface area contributed by atoms with Crippen LogP contribution in [0.25, 0.3) is 0 Å². The van der Waals surface area contributed by atoms with E-state index in [0.717, 1.165) is 5.56 Å². The van der Waals surface area contributed by atoms with Gasteiger partial charge >= 0.3 is 0 Å². The first-order valence-corrected chi connectivity index (χ1v) is 14.3. The van der Waals surface area contributed by atoms with Gasteiger partial charge in [0.1, 0.15) is 34.7 Å². The lowest BCUT2D eigenvalue weighted by Gasteiger charge is -2.53. The van der Waals surface area contributed by atoms with Crippen molar-refractivity contribution in [1.29, 1.82) is 0 Å². The third kappa shape index (κ3) is 5.32. The number of nitrogens with one attached hydrogen (secondary N) is 1. The molecule has 9 nitrogen and oxygen atoms in total. The summed E-state index contributed by atoms with van der Waals surface area (Å²) in [7, 11) is 0. The molecule has 2 bridgehead atoms. The van der Waals surface area contributed by atoms with E-state index in [4.69, 9.17) is 14.2 Å². The topological polar surface area (TPSA) is 97.4 Å². The molecule has 2 aromatic carbocycles. The van der Waals surface area contributed by atoms with Crippen LogP contribution in [0.3, 0.4) is 0 Å². The molecule has 2 amide bonds.